The zero-order valence-corrected chi connectivity index (χ0v) is 12.1. The second-order valence-electron chi connectivity index (χ2n) is 5.64. The quantitative estimate of drug-likeness (QED) is 0.801. The van der Waals surface area contributed by atoms with E-state index in [1.54, 1.807) is 14.2 Å². The molecule has 1 aliphatic rings. The van der Waals surface area contributed by atoms with Crippen molar-refractivity contribution < 1.29 is 14.2 Å². The minimum atomic E-state index is -0.168. The van der Waals surface area contributed by atoms with Crippen LogP contribution in [0.25, 0.3) is 0 Å². The monoisotopic (exact) mass is 250 g/mol. The Labute approximate surface area is 109 Å². The van der Waals surface area contributed by atoms with Gasteiger partial charge in [-0.25, -0.2) is 0 Å². The molecular formula is C15H22O3. The lowest BCUT2D eigenvalue weighted by Crippen LogP contribution is -2.34. The van der Waals surface area contributed by atoms with E-state index in [-0.39, 0.29) is 5.60 Å². The molecule has 0 aromatic heterocycles. The summed E-state index contributed by atoms with van der Waals surface area (Å²) in [5, 5.41) is 0. The van der Waals surface area contributed by atoms with Crippen LogP contribution in [0.15, 0.2) is 6.07 Å². The number of rotatable bonds is 2. The summed E-state index contributed by atoms with van der Waals surface area (Å²) >= 11 is 0. The summed E-state index contributed by atoms with van der Waals surface area (Å²) in [5.41, 5.74) is 2.27. The van der Waals surface area contributed by atoms with E-state index in [0.29, 0.717) is 11.7 Å². The zero-order chi connectivity index (χ0) is 13.5. The third kappa shape index (κ3) is 2.02. The van der Waals surface area contributed by atoms with Crippen LogP contribution in [0, 0.1) is 6.92 Å². The summed E-state index contributed by atoms with van der Waals surface area (Å²) in [6, 6.07) is 2.02. The molecule has 1 aromatic carbocycles. The minimum absolute atomic E-state index is 0.168. The normalized spacial score (nSPS) is 20.9. The molecule has 0 spiro atoms. The Kier molecular flexibility index (Phi) is 3.18. The molecule has 100 valence electrons. The Balaban J connectivity index is 2.66. The molecule has 0 fully saturated rings. The molecular weight excluding hydrogens is 228 g/mol. The Morgan fingerprint density at radius 2 is 1.94 bits per heavy atom. The summed E-state index contributed by atoms with van der Waals surface area (Å²) in [6.07, 6.45) is 1.01. The van der Waals surface area contributed by atoms with Gasteiger partial charge in [0.1, 0.15) is 5.60 Å². The van der Waals surface area contributed by atoms with Crippen LogP contribution in [0.4, 0.5) is 0 Å². The summed E-state index contributed by atoms with van der Waals surface area (Å²) in [5.74, 6) is 2.75. The SMILES string of the molecule is COc1cc(C)c2c(c1OC)OC(C)(C)CC2C. The highest BCUT2D eigenvalue weighted by atomic mass is 16.5. The van der Waals surface area contributed by atoms with Crippen LogP contribution in [0.1, 0.15) is 44.2 Å². The number of aryl methyl sites for hydroxylation is 1. The van der Waals surface area contributed by atoms with Crippen molar-refractivity contribution in [3.05, 3.63) is 17.2 Å². The number of ether oxygens (including phenoxy) is 3. The van der Waals surface area contributed by atoms with Crippen molar-refractivity contribution in [1.29, 1.82) is 0 Å². The van der Waals surface area contributed by atoms with Crippen LogP contribution < -0.4 is 14.2 Å². The summed E-state index contributed by atoms with van der Waals surface area (Å²) in [7, 11) is 3.31. The van der Waals surface area contributed by atoms with Gasteiger partial charge in [0.2, 0.25) is 5.75 Å². The first-order chi connectivity index (χ1) is 8.39. The van der Waals surface area contributed by atoms with Gasteiger partial charge in [-0.2, -0.15) is 0 Å². The molecule has 0 aliphatic carbocycles. The molecule has 1 unspecified atom stereocenters. The fourth-order valence-corrected chi connectivity index (χ4v) is 2.97. The van der Waals surface area contributed by atoms with Gasteiger partial charge in [-0.3, -0.25) is 0 Å². The third-order valence-electron chi connectivity index (χ3n) is 3.54. The second kappa shape index (κ2) is 4.38. The standard InChI is InChI=1S/C15H22O3/c1-9-7-11(16-5)13(17-6)14-12(9)10(2)8-15(3,4)18-14/h7,10H,8H2,1-6H3. The highest BCUT2D eigenvalue weighted by Gasteiger charge is 2.35. The molecule has 0 amide bonds. The van der Waals surface area contributed by atoms with E-state index in [2.05, 4.69) is 27.7 Å². The van der Waals surface area contributed by atoms with E-state index in [1.807, 2.05) is 6.07 Å². The van der Waals surface area contributed by atoms with Crippen LogP contribution in [0.5, 0.6) is 17.2 Å². The first kappa shape index (κ1) is 13.1. The van der Waals surface area contributed by atoms with Crippen molar-refractivity contribution >= 4 is 0 Å². The van der Waals surface area contributed by atoms with Crippen molar-refractivity contribution in [3.63, 3.8) is 0 Å². The van der Waals surface area contributed by atoms with Gasteiger partial charge in [0.15, 0.2) is 11.5 Å². The fourth-order valence-electron chi connectivity index (χ4n) is 2.97. The smallest absolute Gasteiger partial charge is 0.203 e. The zero-order valence-electron chi connectivity index (χ0n) is 12.1. The molecule has 0 radical (unpaired) electrons. The topological polar surface area (TPSA) is 27.7 Å². The maximum absolute atomic E-state index is 6.13. The summed E-state index contributed by atoms with van der Waals surface area (Å²) in [6.45, 7) is 8.56. The number of hydrogen-bond acceptors (Lipinski definition) is 3. The lowest BCUT2D eigenvalue weighted by Gasteiger charge is -2.38. The van der Waals surface area contributed by atoms with E-state index in [4.69, 9.17) is 14.2 Å². The molecule has 0 bridgehead atoms. The molecule has 0 saturated heterocycles. The van der Waals surface area contributed by atoms with Crippen molar-refractivity contribution in [1.82, 2.24) is 0 Å². The second-order valence-corrected chi connectivity index (χ2v) is 5.64. The van der Waals surface area contributed by atoms with Gasteiger partial charge in [0.05, 0.1) is 14.2 Å². The van der Waals surface area contributed by atoms with Gasteiger partial charge in [0, 0.05) is 5.56 Å². The average Bonchev–Trinajstić information content (AvgIpc) is 2.25. The van der Waals surface area contributed by atoms with Crippen LogP contribution in [0.3, 0.4) is 0 Å². The largest absolute Gasteiger partial charge is 0.493 e. The Bertz CT molecular complexity index is 463. The Hall–Kier alpha value is -1.38. The van der Waals surface area contributed by atoms with E-state index in [1.165, 1.54) is 11.1 Å². The maximum Gasteiger partial charge on any atom is 0.203 e. The Morgan fingerprint density at radius 3 is 2.50 bits per heavy atom. The van der Waals surface area contributed by atoms with Crippen molar-refractivity contribution in [2.24, 2.45) is 0 Å². The van der Waals surface area contributed by atoms with Crippen LogP contribution in [-0.2, 0) is 0 Å². The van der Waals surface area contributed by atoms with Crippen LogP contribution >= 0.6 is 0 Å². The third-order valence-corrected chi connectivity index (χ3v) is 3.54. The van der Waals surface area contributed by atoms with Gasteiger partial charge >= 0.3 is 0 Å². The molecule has 18 heavy (non-hydrogen) atoms. The molecule has 1 aromatic rings. The fraction of sp³-hybridized carbons (Fsp3) is 0.600. The van der Waals surface area contributed by atoms with E-state index >= 15 is 0 Å². The van der Waals surface area contributed by atoms with Gasteiger partial charge < -0.3 is 14.2 Å². The lowest BCUT2D eigenvalue weighted by atomic mass is 9.83. The minimum Gasteiger partial charge on any atom is -0.493 e. The van der Waals surface area contributed by atoms with Gasteiger partial charge in [-0.1, -0.05) is 6.92 Å². The predicted molar refractivity (Wildman–Crippen MR) is 72.0 cm³/mol. The molecule has 0 N–H and O–H groups in total. The first-order valence-electron chi connectivity index (χ1n) is 6.34. The van der Waals surface area contributed by atoms with Gasteiger partial charge in [-0.15, -0.1) is 0 Å². The van der Waals surface area contributed by atoms with E-state index < -0.39 is 0 Å². The van der Waals surface area contributed by atoms with Gasteiger partial charge in [0.25, 0.3) is 0 Å². The lowest BCUT2D eigenvalue weighted by molar-refractivity contribution is 0.0697. The van der Waals surface area contributed by atoms with Crippen molar-refractivity contribution in [3.8, 4) is 17.2 Å². The maximum atomic E-state index is 6.13. The molecule has 1 aliphatic heterocycles. The van der Waals surface area contributed by atoms with Crippen molar-refractivity contribution in [2.45, 2.75) is 45.6 Å². The molecule has 2 rings (SSSR count). The number of benzene rings is 1. The summed E-state index contributed by atoms with van der Waals surface area (Å²) < 4.78 is 17.0. The highest BCUT2D eigenvalue weighted by Crippen LogP contribution is 2.50. The molecule has 0 saturated carbocycles. The first-order valence-corrected chi connectivity index (χ1v) is 6.34. The predicted octanol–water partition coefficient (Wildman–Crippen LogP) is 3.68. The molecule has 3 heteroatoms. The number of methoxy groups -OCH3 is 2. The molecule has 1 atom stereocenters. The number of hydrogen-bond donors (Lipinski definition) is 0. The van der Waals surface area contributed by atoms with E-state index in [9.17, 15) is 0 Å². The average molecular weight is 250 g/mol. The van der Waals surface area contributed by atoms with Crippen molar-refractivity contribution in [2.75, 3.05) is 14.2 Å². The van der Waals surface area contributed by atoms with Crippen LogP contribution in [0.2, 0.25) is 0 Å². The van der Waals surface area contributed by atoms with Gasteiger partial charge in [-0.05, 0) is 44.7 Å². The Morgan fingerprint density at radius 1 is 1.28 bits per heavy atom. The molecule has 3 nitrogen and oxygen atoms in total. The number of fused-ring (bicyclic) bond motifs is 1. The van der Waals surface area contributed by atoms with Crippen LogP contribution in [-0.4, -0.2) is 19.8 Å². The molecule has 1 heterocycles. The highest BCUT2D eigenvalue weighted by molar-refractivity contribution is 5.61. The summed E-state index contributed by atoms with van der Waals surface area (Å²) in [4.78, 5) is 0. The van der Waals surface area contributed by atoms with E-state index in [0.717, 1.165) is 17.9 Å².